The van der Waals surface area contributed by atoms with Crippen LogP contribution in [0.4, 0.5) is 0 Å². The fourth-order valence-corrected chi connectivity index (χ4v) is 6.89. The van der Waals surface area contributed by atoms with E-state index in [4.69, 9.17) is 0 Å². The molecule has 4 aromatic carbocycles. The number of hydrogen-bond acceptors (Lipinski definition) is 10. The first-order valence-corrected chi connectivity index (χ1v) is 17.3. The minimum Gasteiger partial charge on any atom is -0.507 e. The molecule has 10 heteroatoms. The summed E-state index contributed by atoms with van der Waals surface area (Å²) in [6.07, 6.45) is 4.54. The number of phenolic OH excluding ortho intramolecular Hbond substituents is 6. The van der Waals surface area contributed by atoms with E-state index in [1.54, 1.807) is 0 Å². The van der Waals surface area contributed by atoms with Gasteiger partial charge in [-0.3, -0.25) is 9.98 Å². The predicted molar refractivity (Wildman–Crippen MR) is 206 cm³/mol. The van der Waals surface area contributed by atoms with E-state index in [0.29, 0.717) is 68.0 Å². The second-order valence-corrected chi connectivity index (χ2v) is 14.4. The van der Waals surface area contributed by atoms with Crippen molar-refractivity contribution in [2.45, 2.75) is 66.2 Å². The van der Waals surface area contributed by atoms with Gasteiger partial charge in [0.1, 0.15) is 11.5 Å². The highest BCUT2D eigenvalue weighted by Crippen LogP contribution is 2.54. The summed E-state index contributed by atoms with van der Waals surface area (Å²) in [7, 11) is 7.92. The number of fused-ring (bicyclic) bond motifs is 2. The van der Waals surface area contributed by atoms with Crippen molar-refractivity contribution in [2.24, 2.45) is 9.98 Å². The number of aromatic hydroxyl groups is 6. The average molecular weight is 687 g/mol. The Balaban J connectivity index is 2.10. The molecule has 50 heavy (non-hydrogen) atoms. The number of nitrogens with zero attached hydrogens (tertiary/aromatic N) is 4. The molecule has 0 radical (unpaired) electrons. The topological polar surface area (TPSA) is 153 Å². The zero-order chi connectivity index (χ0) is 37.2. The number of phenols is 6. The molecule has 10 nitrogen and oxygen atoms in total. The van der Waals surface area contributed by atoms with Crippen molar-refractivity contribution in [2.75, 3.05) is 54.4 Å². The summed E-state index contributed by atoms with van der Waals surface area (Å²) in [4.78, 5) is 13.2. The standard InChI is InChI=1S/C40H54N4O6/c1-21(2)29-25-17-23(5)31(37(47)33(25)27(35(45)39(29)49)19-41-13-11-15-43(7)8)32-24(6)18-26-30(22(3)4)40(50)36(46)28(34(26)38(32)48)20-42-14-12-16-44(9)10/h17-22,45-50H,11-16H2,1-10H3. The van der Waals surface area contributed by atoms with Gasteiger partial charge in [-0.25, -0.2) is 0 Å². The number of aryl methyl sites for hydroxylation is 2. The van der Waals surface area contributed by atoms with Crippen LogP contribution in [0.25, 0.3) is 32.7 Å². The fraction of sp³-hybridized carbons (Fsp3) is 0.450. The van der Waals surface area contributed by atoms with Gasteiger partial charge in [-0.05, 0) is 102 Å². The molecule has 0 atom stereocenters. The van der Waals surface area contributed by atoms with Crippen LogP contribution in [-0.2, 0) is 0 Å². The Kier molecular flexibility index (Phi) is 11.9. The van der Waals surface area contributed by atoms with E-state index in [1.807, 2.05) is 81.9 Å². The second-order valence-electron chi connectivity index (χ2n) is 14.4. The number of hydrogen-bond donors (Lipinski definition) is 6. The fourth-order valence-electron chi connectivity index (χ4n) is 6.89. The molecule has 270 valence electrons. The quantitative estimate of drug-likeness (QED) is 0.0481. The molecule has 0 bridgehead atoms. The zero-order valence-electron chi connectivity index (χ0n) is 31.2. The number of benzene rings is 4. The van der Waals surface area contributed by atoms with Gasteiger partial charge >= 0.3 is 0 Å². The van der Waals surface area contributed by atoms with Crippen LogP contribution in [0.15, 0.2) is 22.1 Å². The molecule has 4 aromatic rings. The monoisotopic (exact) mass is 686 g/mol. The lowest BCUT2D eigenvalue weighted by Gasteiger charge is -2.23. The Morgan fingerprint density at radius 1 is 0.560 bits per heavy atom. The van der Waals surface area contributed by atoms with Gasteiger partial charge in [-0.1, -0.05) is 39.8 Å². The first-order valence-electron chi connectivity index (χ1n) is 17.3. The molecule has 0 aromatic heterocycles. The van der Waals surface area contributed by atoms with Gasteiger partial charge in [0.15, 0.2) is 23.0 Å². The molecule has 6 N–H and O–H groups in total. The average Bonchev–Trinajstić information content (AvgIpc) is 3.01. The lowest BCUT2D eigenvalue weighted by Crippen LogP contribution is -2.13. The first kappa shape index (κ1) is 38.3. The molecule has 0 aliphatic heterocycles. The van der Waals surface area contributed by atoms with E-state index in [2.05, 4.69) is 19.8 Å². The third-order valence-electron chi connectivity index (χ3n) is 9.21. The van der Waals surface area contributed by atoms with Crippen LogP contribution in [0, 0.1) is 13.8 Å². The van der Waals surface area contributed by atoms with Gasteiger partial charge in [0.05, 0.1) is 0 Å². The Morgan fingerprint density at radius 3 is 1.20 bits per heavy atom. The molecule has 0 heterocycles. The summed E-state index contributed by atoms with van der Waals surface area (Å²) in [6, 6.07) is 3.71. The van der Waals surface area contributed by atoms with Crippen LogP contribution in [-0.4, -0.2) is 107 Å². The van der Waals surface area contributed by atoms with Gasteiger partial charge < -0.3 is 40.4 Å². The molecule has 0 spiro atoms. The van der Waals surface area contributed by atoms with Crippen molar-refractivity contribution < 1.29 is 30.6 Å². The van der Waals surface area contributed by atoms with Gasteiger partial charge in [-0.15, -0.1) is 0 Å². The van der Waals surface area contributed by atoms with Crippen LogP contribution in [0.1, 0.15) is 85.8 Å². The summed E-state index contributed by atoms with van der Waals surface area (Å²) >= 11 is 0. The van der Waals surface area contributed by atoms with E-state index < -0.39 is 0 Å². The maximum Gasteiger partial charge on any atom is 0.167 e. The Bertz CT molecular complexity index is 1820. The molecule has 0 aliphatic carbocycles. The van der Waals surface area contributed by atoms with E-state index in [9.17, 15) is 30.6 Å². The molecular weight excluding hydrogens is 632 g/mol. The lowest BCUT2D eigenvalue weighted by molar-refractivity contribution is 0.398. The predicted octanol–water partition coefficient (Wildman–Crippen LogP) is 7.50. The summed E-state index contributed by atoms with van der Waals surface area (Å²) in [6.45, 7) is 13.9. The Hall–Kier alpha value is -4.54. The van der Waals surface area contributed by atoms with E-state index in [1.165, 1.54) is 12.4 Å². The smallest absolute Gasteiger partial charge is 0.167 e. The van der Waals surface area contributed by atoms with Crippen LogP contribution in [0.3, 0.4) is 0 Å². The van der Waals surface area contributed by atoms with Crippen LogP contribution in [0.2, 0.25) is 0 Å². The van der Waals surface area contributed by atoms with Gasteiger partial charge in [0.2, 0.25) is 0 Å². The van der Waals surface area contributed by atoms with E-state index in [-0.39, 0.29) is 57.5 Å². The molecule has 0 aliphatic rings. The van der Waals surface area contributed by atoms with Crippen LogP contribution >= 0.6 is 0 Å². The SMILES string of the molecule is Cc1cc2c(C(C)C)c(O)c(O)c(C=NCCCN(C)C)c2c(O)c1-c1c(C)cc2c(C(C)C)c(O)c(O)c(C=NCCCN(C)C)c2c1O. The van der Waals surface area contributed by atoms with E-state index in [0.717, 1.165) is 25.9 Å². The summed E-state index contributed by atoms with van der Waals surface area (Å²) in [5.74, 6) is -2.03. The Morgan fingerprint density at radius 2 is 0.900 bits per heavy atom. The van der Waals surface area contributed by atoms with E-state index >= 15 is 0 Å². The summed E-state index contributed by atoms with van der Waals surface area (Å²) < 4.78 is 0. The van der Waals surface area contributed by atoms with Gasteiger partial charge in [-0.2, -0.15) is 0 Å². The summed E-state index contributed by atoms with van der Waals surface area (Å²) in [5.41, 5.74) is 3.26. The molecule has 4 rings (SSSR count). The van der Waals surface area contributed by atoms with Crippen molar-refractivity contribution in [1.29, 1.82) is 0 Å². The molecular formula is C40H54N4O6. The van der Waals surface area contributed by atoms with Crippen molar-refractivity contribution in [3.63, 3.8) is 0 Å². The van der Waals surface area contributed by atoms with Crippen molar-refractivity contribution in [3.8, 4) is 45.6 Å². The molecule has 0 fully saturated rings. The number of aliphatic imine (C=N–C) groups is 2. The van der Waals surface area contributed by atoms with Crippen LogP contribution < -0.4 is 0 Å². The second kappa shape index (κ2) is 15.6. The normalized spacial score (nSPS) is 12.5. The molecule has 0 unspecified atom stereocenters. The van der Waals surface area contributed by atoms with Crippen molar-refractivity contribution in [3.05, 3.63) is 45.5 Å². The Labute approximate surface area is 295 Å². The third kappa shape index (κ3) is 7.32. The zero-order valence-corrected chi connectivity index (χ0v) is 31.2. The third-order valence-corrected chi connectivity index (χ3v) is 9.21. The molecule has 0 saturated heterocycles. The maximum absolute atomic E-state index is 12.2. The highest BCUT2D eigenvalue weighted by molar-refractivity contribution is 6.15. The highest BCUT2D eigenvalue weighted by atomic mass is 16.3. The molecule has 0 amide bonds. The lowest BCUT2D eigenvalue weighted by atomic mass is 9.83. The minimum absolute atomic E-state index is 0.179. The first-order chi connectivity index (χ1) is 23.5. The highest BCUT2D eigenvalue weighted by Gasteiger charge is 2.29. The van der Waals surface area contributed by atoms with Crippen molar-refractivity contribution >= 4 is 34.0 Å². The number of rotatable bonds is 13. The largest absolute Gasteiger partial charge is 0.507 e. The molecule has 0 saturated carbocycles. The van der Waals surface area contributed by atoms with Gasteiger partial charge in [0.25, 0.3) is 0 Å². The maximum atomic E-state index is 12.2. The van der Waals surface area contributed by atoms with Crippen LogP contribution in [0.5, 0.6) is 34.5 Å². The summed E-state index contributed by atoms with van der Waals surface area (Å²) in [5, 5.41) is 71.2. The minimum atomic E-state index is -0.378. The van der Waals surface area contributed by atoms with Gasteiger partial charge in [0, 0.05) is 69.7 Å². The van der Waals surface area contributed by atoms with Crippen molar-refractivity contribution in [1.82, 2.24) is 9.80 Å².